The minimum Gasteiger partial charge on any atom is -0.443 e. The van der Waals surface area contributed by atoms with Gasteiger partial charge in [0.25, 0.3) is 0 Å². The smallest absolute Gasteiger partial charge is 0.181 e. The van der Waals surface area contributed by atoms with Crippen LogP contribution in [0.15, 0.2) is 59.9 Å². The van der Waals surface area contributed by atoms with Crippen molar-refractivity contribution < 1.29 is 4.42 Å². The summed E-state index contributed by atoms with van der Waals surface area (Å²) >= 11 is 0. The third-order valence-corrected chi connectivity index (χ3v) is 4.13. The molecule has 0 aliphatic carbocycles. The molecular weight excluding hydrogens is 302 g/mol. The number of aryl methyl sites for hydroxylation is 1. The van der Waals surface area contributed by atoms with E-state index in [0.717, 1.165) is 34.8 Å². The number of oxazole rings is 1. The van der Waals surface area contributed by atoms with E-state index in [9.17, 15) is 0 Å². The van der Waals surface area contributed by atoms with Gasteiger partial charge >= 0.3 is 0 Å². The first-order valence-corrected chi connectivity index (χ1v) is 7.75. The number of rotatable bonds is 4. The van der Waals surface area contributed by atoms with Crippen molar-refractivity contribution in [2.24, 2.45) is 0 Å². The lowest BCUT2D eigenvalue weighted by Gasteiger charge is -2.09. The summed E-state index contributed by atoms with van der Waals surface area (Å²) < 4.78 is 9.62. The number of aromatic nitrogens is 5. The Balaban J connectivity index is 1.76. The van der Waals surface area contributed by atoms with Crippen LogP contribution in [0.5, 0.6) is 0 Å². The van der Waals surface area contributed by atoms with Gasteiger partial charge in [-0.2, -0.15) is 0 Å². The van der Waals surface area contributed by atoms with Crippen LogP contribution in [0.3, 0.4) is 0 Å². The highest BCUT2D eigenvalue weighted by Crippen LogP contribution is 2.30. The largest absolute Gasteiger partial charge is 0.443 e. The van der Waals surface area contributed by atoms with Gasteiger partial charge in [0.15, 0.2) is 12.2 Å². The summed E-state index contributed by atoms with van der Waals surface area (Å²) in [5.74, 6) is 0.811. The van der Waals surface area contributed by atoms with Gasteiger partial charge in [0.05, 0.1) is 5.69 Å². The van der Waals surface area contributed by atoms with Crippen molar-refractivity contribution in [1.82, 2.24) is 24.5 Å². The highest BCUT2D eigenvalue weighted by molar-refractivity contribution is 5.64. The predicted molar refractivity (Wildman–Crippen MR) is 89.5 cm³/mol. The van der Waals surface area contributed by atoms with Crippen molar-refractivity contribution in [2.45, 2.75) is 20.3 Å². The molecule has 120 valence electrons. The Morgan fingerprint density at radius 1 is 1.04 bits per heavy atom. The molecule has 0 saturated heterocycles. The predicted octanol–water partition coefficient (Wildman–Crippen LogP) is 3.25. The molecule has 0 saturated carbocycles. The SMILES string of the molecule is Cc1cc(-c2ocnc2Cc2ccccc2)c(C)n1-n1cnnc1. The third kappa shape index (κ3) is 2.42. The Labute approximate surface area is 139 Å². The van der Waals surface area contributed by atoms with E-state index in [1.807, 2.05) is 34.5 Å². The van der Waals surface area contributed by atoms with Crippen LogP contribution in [0.25, 0.3) is 11.3 Å². The zero-order chi connectivity index (χ0) is 16.5. The molecule has 1 aromatic carbocycles. The molecule has 0 aliphatic heterocycles. The van der Waals surface area contributed by atoms with E-state index in [0.29, 0.717) is 0 Å². The number of nitrogens with zero attached hydrogens (tertiary/aromatic N) is 5. The molecule has 4 aromatic rings. The quantitative estimate of drug-likeness (QED) is 0.579. The number of hydrogen-bond donors (Lipinski definition) is 0. The van der Waals surface area contributed by atoms with Gasteiger partial charge in [0.2, 0.25) is 0 Å². The first kappa shape index (κ1) is 14.4. The molecule has 0 bridgehead atoms. The fourth-order valence-corrected chi connectivity index (χ4v) is 3.04. The van der Waals surface area contributed by atoms with Crippen LogP contribution < -0.4 is 0 Å². The second-order valence-corrected chi connectivity index (χ2v) is 5.73. The number of benzene rings is 1. The Hall–Kier alpha value is -3.15. The van der Waals surface area contributed by atoms with Crippen LogP contribution in [0, 0.1) is 13.8 Å². The maximum atomic E-state index is 5.72. The number of hydrogen-bond acceptors (Lipinski definition) is 4. The topological polar surface area (TPSA) is 61.7 Å². The Bertz CT molecular complexity index is 951. The van der Waals surface area contributed by atoms with Crippen LogP contribution in [0.4, 0.5) is 0 Å². The van der Waals surface area contributed by atoms with Gasteiger partial charge in [-0.05, 0) is 25.5 Å². The standard InChI is InChI=1S/C18H17N5O/c1-13-8-16(14(2)23(13)22-10-20-21-11-22)18-17(19-12-24-18)9-15-6-4-3-5-7-15/h3-8,10-12H,9H2,1-2H3. The molecule has 24 heavy (non-hydrogen) atoms. The third-order valence-electron chi connectivity index (χ3n) is 4.13. The fourth-order valence-electron chi connectivity index (χ4n) is 3.04. The monoisotopic (exact) mass is 319 g/mol. The van der Waals surface area contributed by atoms with Gasteiger partial charge in [0, 0.05) is 23.4 Å². The van der Waals surface area contributed by atoms with Crippen molar-refractivity contribution >= 4 is 0 Å². The Morgan fingerprint density at radius 2 is 1.79 bits per heavy atom. The van der Waals surface area contributed by atoms with E-state index < -0.39 is 0 Å². The second-order valence-electron chi connectivity index (χ2n) is 5.73. The highest BCUT2D eigenvalue weighted by Gasteiger charge is 2.18. The summed E-state index contributed by atoms with van der Waals surface area (Å²) in [4.78, 5) is 4.42. The van der Waals surface area contributed by atoms with Crippen molar-refractivity contribution in [1.29, 1.82) is 0 Å². The van der Waals surface area contributed by atoms with E-state index in [4.69, 9.17) is 4.42 Å². The van der Waals surface area contributed by atoms with Gasteiger partial charge in [-0.3, -0.25) is 4.68 Å². The van der Waals surface area contributed by atoms with Crippen molar-refractivity contribution in [3.63, 3.8) is 0 Å². The molecule has 0 fully saturated rings. The zero-order valence-corrected chi connectivity index (χ0v) is 13.5. The molecule has 0 spiro atoms. The summed E-state index contributed by atoms with van der Waals surface area (Å²) in [6.45, 7) is 4.10. The van der Waals surface area contributed by atoms with Gasteiger partial charge in [0.1, 0.15) is 12.7 Å². The molecule has 3 heterocycles. The summed E-state index contributed by atoms with van der Waals surface area (Å²) in [7, 11) is 0. The Morgan fingerprint density at radius 3 is 2.54 bits per heavy atom. The van der Waals surface area contributed by atoms with E-state index in [1.54, 1.807) is 12.7 Å². The molecule has 0 unspecified atom stereocenters. The van der Waals surface area contributed by atoms with Crippen molar-refractivity contribution in [3.05, 3.63) is 78.1 Å². The van der Waals surface area contributed by atoms with Crippen molar-refractivity contribution in [2.75, 3.05) is 0 Å². The fraction of sp³-hybridized carbons (Fsp3) is 0.167. The van der Waals surface area contributed by atoms with Gasteiger partial charge in [-0.1, -0.05) is 30.3 Å². The summed E-state index contributed by atoms with van der Waals surface area (Å²) in [6.07, 6.45) is 5.60. The average molecular weight is 319 g/mol. The van der Waals surface area contributed by atoms with Gasteiger partial charge in [-0.15, -0.1) is 10.2 Å². The molecular formula is C18H17N5O. The van der Waals surface area contributed by atoms with Crippen LogP contribution in [-0.4, -0.2) is 24.5 Å². The molecule has 0 amide bonds. The first-order chi connectivity index (χ1) is 11.7. The van der Waals surface area contributed by atoms with E-state index in [1.165, 1.54) is 12.0 Å². The van der Waals surface area contributed by atoms with Crippen LogP contribution >= 0.6 is 0 Å². The normalized spacial score (nSPS) is 11.1. The van der Waals surface area contributed by atoms with E-state index in [-0.39, 0.29) is 0 Å². The summed E-state index contributed by atoms with van der Waals surface area (Å²) in [5, 5.41) is 7.77. The van der Waals surface area contributed by atoms with Gasteiger partial charge < -0.3 is 4.42 Å². The molecule has 6 nitrogen and oxygen atoms in total. The maximum absolute atomic E-state index is 5.72. The molecule has 3 aromatic heterocycles. The van der Waals surface area contributed by atoms with E-state index >= 15 is 0 Å². The minimum absolute atomic E-state index is 0.739. The second kappa shape index (κ2) is 5.81. The lowest BCUT2D eigenvalue weighted by molar-refractivity contribution is 0.569. The molecule has 0 aliphatic rings. The highest BCUT2D eigenvalue weighted by atomic mass is 16.3. The van der Waals surface area contributed by atoms with Gasteiger partial charge in [-0.25, -0.2) is 9.66 Å². The first-order valence-electron chi connectivity index (χ1n) is 7.75. The minimum atomic E-state index is 0.739. The zero-order valence-electron chi connectivity index (χ0n) is 13.5. The molecule has 0 N–H and O–H groups in total. The van der Waals surface area contributed by atoms with E-state index in [2.05, 4.69) is 40.3 Å². The Kier molecular flexibility index (Phi) is 3.49. The van der Waals surface area contributed by atoms with Crippen LogP contribution in [-0.2, 0) is 6.42 Å². The summed E-state index contributed by atoms with van der Waals surface area (Å²) in [6, 6.07) is 12.4. The lowest BCUT2D eigenvalue weighted by atomic mass is 10.1. The van der Waals surface area contributed by atoms with Crippen LogP contribution in [0.2, 0.25) is 0 Å². The van der Waals surface area contributed by atoms with Crippen molar-refractivity contribution in [3.8, 4) is 11.3 Å². The maximum Gasteiger partial charge on any atom is 0.181 e. The average Bonchev–Trinajstić information content (AvgIpc) is 3.30. The summed E-state index contributed by atoms with van der Waals surface area (Å²) in [5.41, 5.74) is 5.30. The molecule has 0 radical (unpaired) electrons. The molecule has 4 rings (SSSR count). The molecule has 0 atom stereocenters. The lowest BCUT2D eigenvalue weighted by Crippen LogP contribution is -2.10. The van der Waals surface area contributed by atoms with Crippen LogP contribution in [0.1, 0.15) is 22.6 Å². The molecule has 6 heteroatoms.